The van der Waals surface area contributed by atoms with E-state index in [4.69, 9.17) is 37.8 Å². The number of aliphatic carboxylic acids is 1. The zero-order chi connectivity index (χ0) is 25.5. The zero-order valence-electron chi connectivity index (χ0n) is 21.1. The molecule has 36 heavy (non-hydrogen) atoms. The number of carbonyl (C=O) groups is 1. The lowest BCUT2D eigenvalue weighted by atomic mass is 9.76. The van der Waals surface area contributed by atoms with Gasteiger partial charge in [0.2, 0.25) is 0 Å². The SMILES string of the molecule is CCCCc1cc(Cl)c(COc2ccc3c(c2)OCC32CCCC(=CCCCC(=O)O)CC2)c(Cl)c1. The van der Waals surface area contributed by atoms with Crippen molar-refractivity contribution in [2.45, 2.75) is 89.6 Å². The fourth-order valence-corrected chi connectivity index (χ4v) is 6.04. The Bertz CT molecular complexity index is 1090. The van der Waals surface area contributed by atoms with Crippen LogP contribution in [0, 0.1) is 0 Å². The molecule has 1 saturated carbocycles. The number of hydrogen-bond acceptors (Lipinski definition) is 3. The van der Waals surface area contributed by atoms with Gasteiger partial charge in [-0.15, -0.1) is 0 Å². The maximum absolute atomic E-state index is 10.7. The number of carboxylic acid groups (broad SMARTS) is 1. The topological polar surface area (TPSA) is 55.8 Å². The Morgan fingerprint density at radius 1 is 1.14 bits per heavy atom. The highest BCUT2D eigenvalue weighted by molar-refractivity contribution is 6.36. The zero-order valence-corrected chi connectivity index (χ0v) is 22.6. The third kappa shape index (κ3) is 6.58. The van der Waals surface area contributed by atoms with Crippen LogP contribution in [0.1, 0.15) is 87.8 Å². The Balaban J connectivity index is 1.39. The van der Waals surface area contributed by atoms with Gasteiger partial charge in [0.25, 0.3) is 0 Å². The standard InChI is InChI=1S/C30H36Cl2O4/c1-2-3-7-22-16-26(31)24(27(32)17-22)19-35-23-11-12-25-28(18-23)36-20-30(25)14-6-9-21(13-15-30)8-4-5-10-29(33)34/h8,11-12,16-18H,2-7,9-10,13-15,19-20H2,1H3,(H,33,34). The van der Waals surface area contributed by atoms with Crippen molar-refractivity contribution < 1.29 is 19.4 Å². The van der Waals surface area contributed by atoms with Gasteiger partial charge in [0.05, 0.1) is 6.61 Å². The lowest BCUT2D eigenvalue weighted by molar-refractivity contribution is -0.137. The minimum atomic E-state index is -0.720. The molecule has 0 bridgehead atoms. The number of carboxylic acids is 1. The number of ether oxygens (including phenoxy) is 2. The monoisotopic (exact) mass is 530 g/mol. The van der Waals surface area contributed by atoms with Crippen LogP contribution in [-0.4, -0.2) is 17.7 Å². The second kappa shape index (κ2) is 12.4. The fourth-order valence-electron chi connectivity index (χ4n) is 5.40. The number of halogens is 2. The van der Waals surface area contributed by atoms with Gasteiger partial charge in [-0.05, 0) is 81.5 Å². The molecule has 1 aliphatic heterocycles. The molecule has 0 saturated heterocycles. The summed E-state index contributed by atoms with van der Waals surface area (Å²) in [6, 6.07) is 10.2. The van der Waals surface area contributed by atoms with Crippen LogP contribution in [0.2, 0.25) is 10.0 Å². The molecule has 4 nitrogen and oxygen atoms in total. The minimum Gasteiger partial charge on any atom is -0.492 e. The first-order valence-corrected chi connectivity index (χ1v) is 13.9. The van der Waals surface area contributed by atoms with Gasteiger partial charge in [-0.2, -0.15) is 0 Å². The van der Waals surface area contributed by atoms with E-state index in [1.165, 1.54) is 11.1 Å². The van der Waals surface area contributed by atoms with E-state index in [1.807, 2.05) is 24.3 Å². The molecule has 1 fully saturated rings. The lowest BCUT2D eigenvalue weighted by Gasteiger charge is -2.26. The Hall–Kier alpha value is -2.17. The van der Waals surface area contributed by atoms with Crippen molar-refractivity contribution in [3.63, 3.8) is 0 Å². The van der Waals surface area contributed by atoms with Crippen LogP contribution in [0.15, 0.2) is 42.0 Å². The van der Waals surface area contributed by atoms with Crippen molar-refractivity contribution >= 4 is 29.2 Å². The number of allylic oxidation sites excluding steroid dienone is 2. The number of unbranched alkanes of at least 4 members (excludes halogenated alkanes) is 2. The molecular formula is C30H36Cl2O4. The number of aryl methyl sites for hydroxylation is 1. The molecule has 1 aliphatic carbocycles. The van der Waals surface area contributed by atoms with E-state index in [1.54, 1.807) is 0 Å². The Morgan fingerprint density at radius 2 is 1.94 bits per heavy atom. The third-order valence-corrected chi connectivity index (χ3v) is 8.21. The Morgan fingerprint density at radius 3 is 2.69 bits per heavy atom. The molecule has 2 aromatic carbocycles. The van der Waals surface area contributed by atoms with Crippen molar-refractivity contribution in [1.29, 1.82) is 0 Å². The molecule has 1 unspecified atom stereocenters. The lowest BCUT2D eigenvalue weighted by Crippen LogP contribution is -2.27. The highest BCUT2D eigenvalue weighted by Crippen LogP contribution is 2.49. The number of benzene rings is 2. The van der Waals surface area contributed by atoms with Crippen LogP contribution in [0.3, 0.4) is 0 Å². The van der Waals surface area contributed by atoms with Gasteiger partial charge < -0.3 is 14.6 Å². The maximum atomic E-state index is 10.7. The van der Waals surface area contributed by atoms with Crippen LogP contribution >= 0.6 is 23.2 Å². The second-order valence-corrected chi connectivity index (χ2v) is 11.0. The molecule has 6 heteroatoms. The van der Waals surface area contributed by atoms with Crippen LogP contribution in [0.4, 0.5) is 0 Å². The van der Waals surface area contributed by atoms with Crippen molar-refractivity contribution in [1.82, 2.24) is 0 Å². The highest BCUT2D eigenvalue weighted by atomic mass is 35.5. The predicted octanol–water partition coefficient (Wildman–Crippen LogP) is 8.69. The van der Waals surface area contributed by atoms with Gasteiger partial charge in [0.1, 0.15) is 18.1 Å². The molecule has 1 N–H and O–H groups in total. The molecule has 1 heterocycles. The first-order chi connectivity index (χ1) is 17.4. The summed E-state index contributed by atoms with van der Waals surface area (Å²) < 4.78 is 12.3. The van der Waals surface area contributed by atoms with E-state index >= 15 is 0 Å². The van der Waals surface area contributed by atoms with Gasteiger partial charge >= 0.3 is 5.97 Å². The minimum absolute atomic E-state index is 0.0471. The summed E-state index contributed by atoms with van der Waals surface area (Å²) in [7, 11) is 0. The third-order valence-electron chi connectivity index (χ3n) is 7.54. The smallest absolute Gasteiger partial charge is 0.303 e. The Labute approximate surface area is 224 Å². The van der Waals surface area contributed by atoms with Gasteiger partial charge in [-0.25, -0.2) is 0 Å². The van der Waals surface area contributed by atoms with E-state index in [0.717, 1.165) is 80.4 Å². The van der Waals surface area contributed by atoms with Crippen molar-refractivity contribution in [3.8, 4) is 11.5 Å². The second-order valence-electron chi connectivity index (χ2n) is 10.2. The first kappa shape index (κ1) is 26.9. The fraction of sp³-hybridized carbons (Fsp3) is 0.500. The summed E-state index contributed by atoms with van der Waals surface area (Å²) in [4.78, 5) is 10.7. The quantitative estimate of drug-likeness (QED) is 0.246. The summed E-state index contributed by atoms with van der Waals surface area (Å²) in [5, 5.41) is 10.1. The van der Waals surface area contributed by atoms with E-state index in [9.17, 15) is 4.79 Å². The van der Waals surface area contributed by atoms with Crippen LogP contribution in [0.5, 0.6) is 11.5 Å². The average molecular weight is 532 g/mol. The van der Waals surface area contributed by atoms with Gasteiger partial charge in [-0.3, -0.25) is 4.79 Å². The molecule has 194 valence electrons. The maximum Gasteiger partial charge on any atom is 0.303 e. The molecule has 2 aromatic rings. The number of rotatable bonds is 10. The summed E-state index contributed by atoms with van der Waals surface area (Å²) in [6.45, 7) is 3.19. The van der Waals surface area contributed by atoms with Gasteiger partial charge in [0.15, 0.2) is 0 Å². The van der Waals surface area contributed by atoms with Crippen molar-refractivity contribution in [2.75, 3.05) is 6.61 Å². The predicted molar refractivity (Wildman–Crippen MR) is 146 cm³/mol. The summed E-state index contributed by atoms with van der Waals surface area (Å²) in [5.74, 6) is 0.942. The van der Waals surface area contributed by atoms with Crippen LogP contribution in [0.25, 0.3) is 0 Å². The molecule has 4 rings (SSSR count). The molecular weight excluding hydrogens is 495 g/mol. The number of fused-ring (bicyclic) bond motifs is 2. The van der Waals surface area contributed by atoms with Gasteiger partial charge in [0, 0.05) is 39.1 Å². The van der Waals surface area contributed by atoms with Gasteiger partial charge in [-0.1, -0.05) is 54.3 Å². The van der Waals surface area contributed by atoms with Crippen LogP contribution < -0.4 is 9.47 Å². The molecule has 1 atom stereocenters. The van der Waals surface area contributed by atoms with E-state index in [2.05, 4.69) is 19.1 Å². The highest BCUT2D eigenvalue weighted by Gasteiger charge is 2.41. The molecule has 0 radical (unpaired) electrons. The molecule has 0 amide bonds. The average Bonchev–Trinajstić information content (AvgIpc) is 3.06. The van der Waals surface area contributed by atoms with Crippen LogP contribution in [-0.2, 0) is 23.2 Å². The molecule has 2 aliphatic rings. The molecule has 0 aromatic heterocycles. The largest absolute Gasteiger partial charge is 0.492 e. The number of hydrogen-bond donors (Lipinski definition) is 1. The van der Waals surface area contributed by atoms with E-state index in [0.29, 0.717) is 29.7 Å². The Kier molecular flexibility index (Phi) is 9.25. The van der Waals surface area contributed by atoms with Crippen molar-refractivity contribution in [3.05, 3.63) is 68.7 Å². The summed E-state index contributed by atoms with van der Waals surface area (Å²) >= 11 is 13.1. The van der Waals surface area contributed by atoms with Crippen molar-refractivity contribution in [2.24, 2.45) is 0 Å². The first-order valence-electron chi connectivity index (χ1n) is 13.2. The van der Waals surface area contributed by atoms with E-state index in [-0.39, 0.29) is 11.8 Å². The van der Waals surface area contributed by atoms with E-state index < -0.39 is 5.97 Å². The summed E-state index contributed by atoms with van der Waals surface area (Å²) in [6.07, 6.45) is 12.7. The molecule has 1 spiro atoms. The normalized spacial score (nSPS) is 20.2. The summed E-state index contributed by atoms with van der Waals surface area (Å²) in [5.41, 5.74) is 4.75.